The van der Waals surface area contributed by atoms with Crippen molar-refractivity contribution in [3.63, 3.8) is 0 Å². The average molecular weight is 145 g/mol. The van der Waals surface area contributed by atoms with Crippen LogP contribution in [0, 0.1) is 5.92 Å². The summed E-state index contributed by atoms with van der Waals surface area (Å²) >= 11 is 0. The van der Waals surface area contributed by atoms with E-state index in [1.54, 1.807) is 7.11 Å². The maximum absolute atomic E-state index is 5.88. The molecule has 0 saturated heterocycles. The van der Waals surface area contributed by atoms with Gasteiger partial charge in [-0.15, -0.1) is 0 Å². The fourth-order valence-corrected chi connectivity index (χ4v) is 0.939. The van der Waals surface area contributed by atoms with Crippen molar-refractivity contribution in [2.75, 3.05) is 7.11 Å². The largest absolute Gasteiger partial charge is 0.377 e. The second kappa shape index (κ2) is 3.35. The monoisotopic (exact) mass is 145 g/mol. The molecular weight excluding hydrogens is 126 g/mol. The first-order valence-corrected chi connectivity index (χ1v) is 3.72. The van der Waals surface area contributed by atoms with E-state index in [9.17, 15) is 0 Å². The summed E-state index contributed by atoms with van der Waals surface area (Å²) in [4.78, 5) is 0. The van der Waals surface area contributed by atoms with Crippen molar-refractivity contribution in [3.8, 4) is 0 Å². The Morgan fingerprint density at radius 3 is 1.80 bits per heavy atom. The number of methoxy groups -OCH3 is 1. The van der Waals surface area contributed by atoms with Crippen molar-refractivity contribution < 1.29 is 4.74 Å². The van der Waals surface area contributed by atoms with Gasteiger partial charge in [-0.05, 0) is 19.8 Å². The van der Waals surface area contributed by atoms with Gasteiger partial charge in [0.05, 0.1) is 5.60 Å². The molecule has 0 unspecified atom stereocenters. The van der Waals surface area contributed by atoms with Crippen LogP contribution in [0.25, 0.3) is 0 Å². The molecular formula is C8H19NO. The summed E-state index contributed by atoms with van der Waals surface area (Å²) in [6, 6.07) is 0.109. The zero-order valence-corrected chi connectivity index (χ0v) is 7.64. The zero-order chi connectivity index (χ0) is 8.36. The van der Waals surface area contributed by atoms with Crippen LogP contribution in [0.1, 0.15) is 27.7 Å². The van der Waals surface area contributed by atoms with Gasteiger partial charge in [0.25, 0.3) is 0 Å². The molecule has 0 saturated carbocycles. The van der Waals surface area contributed by atoms with Crippen LogP contribution < -0.4 is 5.73 Å². The lowest BCUT2D eigenvalue weighted by Gasteiger charge is -2.32. The highest BCUT2D eigenvalue weighted by Crippen LogP contribution is 2.17. The molecule has 2 heteroatoms. The minimum absolute atomic E-state index is 0.109. The van der Waals surface area contributed by atoms with Crippen LogP contribution in [0.15, 0.2) is 0 Å². The van der Waals surface area contributed by atoms with Crippen molar-refractivity contribution in [3.05, 3.63) is 0 Å². The third-order valence-corrected chi connectivity index (χ3v) is 2.05. The molecule has 0 aromatic carbocycles. The summed E-state index contributed by atoms with van der Waals surface area (Å²) in [5.41, 5.74) is 5.68. The topological polar surface area (TPSA) is 35.2 Å². The summed E-state index contributed by atoms with van der Waals surface area (Å²) < 4.78 is 5.24. The van der Waals surface area contributed by atoms with E-state index >= 15 is 0 Å². The quantitative estimate of drug-likeness (QED) is 0.651. The van der Waals surface area contributed by atoms with E-state index in [1.165, 1.54) is 0 Å². The van der Waals surface area contributed by atoms with Crippen molar-refractivity contribution in [1.29, 1.82) is 0 Å². The van der Waals surface area contributed by atoms with E-state index in [1.807, 2.05) is 13.8 Å². The lowest BCUT2D eigenvalue weighted by molar-refractivity contribution is -0.0112. The highest BCUT2D eigenvalue weighted by molar-refractivity contribution is 4.84. The van der Waals surface area contributed by atoms with Gasteiger partial charge in [0.1, 0.15) is 0 Å². The second-order valence-corrected chi connectivity index (χ2v) is 3.58. The maximum Gasteiger partial charge on any atom is 0.0775 e. The van der Waals surface area contributed by atoms with Gasteiger partial charge in [0, 0.05) is 13.2 Å². The lowest BCUT2D eigenvalue weighted by Crippen LogP contribution is -2.47. The molecule has 0 heterocycles. The van der Waals surface area contributed by atoms with Crippen molar-refractivity contribution in [1.82, 2.24) is 0 Å². The van der Waals surface area contributed by atoms with Gasteiger partial charge in [-0.25, -0.2) is 0 Å². The van der Waals surface area contributed by atoms with E-state index in [0.717, 1.165) is 0 Å². The van der Waals surface area contributed by atoms with Crippen LogP contribution in [0.3, 0.4) is 0 Å². The van der Waals surface area contributed by atoms with Crippen LogP contribution in [0.5, 0.6) is 0 Å². The minimum atomic E-state index is -0.200. The van der Waals surface area contributed by atoms with Crippen molar-refractivity contribution in [2.24, 2.45) is 11.7 Å². The number of hydrogen-bond donors (Lipinski definition) is 1. The predicted octanol–water partition coefficient (Wildman–Crippen LogP) is 1.39. The molecule has 1 atom stereocenters. The van der Waals surface area contributed by atoms with Gasteiger partial charge in [-0.3, -0.25) is 0 Å². The van der Waals surface area contributed by atoms with Gasteiger partial charge >= 0.3 is 0 Å². The van der Waals surface area contributed by atoms with E-state index in [0.29, 0.717) is 5.92 Å². The Balaban J connectivity index is 4.03. The van der Waals surface area contributed by atoms with Crippen LogP contribution in [-0.4, -0.2) is 18.8 Å². The summed E-state index contributed by atoms with van der Waals surface area (Å²) in [6.45, 7) is 8.23. The first-order chi connectivity index (χ1) is 4.41. The highest BCUT2D eigenvalue weighted by atomic mass is 16.5. The van der Waals surface area contributed by atoms with Crippen molar-refractivity contribution in [2.45, 2.75) is 39.3 Å². The predicted molar refractivity (Wildman–Crippen MR) is 43.9 cm³/mol. The molecule has 0 radical (unpaired) electrons. The minimum Gasteiger partial charge on any atom is -0.377 e. The second-order valence-electron chi connectivity index (χ2n) is 3.58. The normalized spacial score (nSPS) is 15.9. The van der Waals surface area contributed by atoms with E-state index in [4.69, 9.17) is 10.5 Å². The molecule has 0 amide bonds. The van der Waals surface area contributed by atoms with E-state index < -0.39 is 0 Å². The molecule has 10 heavy (non-hydrogen) atoms. The molecule has 62 valence electrons. The molecule has 0 aliphatic carbocycles. The Morgan fingerprint density at radius 1 is 1.30 bits per heavy atom. The van der Waals surface area contributed by atoms with Gasteiger partial charge in [-0.2, -0.15) is 0 Å². The van der Waals surface area contributed by atoms with E-state index in [-0.39, 0.29) is 11.6 Å². The summed E-state index contributed by atoms with van der Waals surface area (Å²) in [7, 11) is 1.70. The standard InChI is InChI=1S/C8H19NO/c1-6(2)7(9)8(3,4)10-5/h6-7H,9H2,1-5H3/t7-/m0/s1. The Labute approximate surface area is 63.7 Å². The summed E-state index contributed by atoms with van der Waals surface area (Å²) in [6.07, 6.45) is 0. The third kappa shape index (κ3) is 2.27. The van der Waals surface area contributed by atoms with Crippen LogP contribution in [-0.2, 0) is 4.74 Å². The lowest BCUT2D eigenvalue weighted by atomic mass is 9.90. The molecule has 0 aromatic rings. The molecule has 0 spiro atoms. The Bertz CT molecular complexity index is 99.4. The molecule has 0 fully saturated rings. The van der Waals surface area contributed by atoms with Gasteiger partial charge in [0.15, 0.2) is 0 Å². The van der Waals surface area contributed by atoms with Crippen LogP contribution in [0.4, 0.5) is 0 Å². The van der Waals surface area contributed by atoms with Crippen LogP contribution >= 0.6 is 0 Å². The molecule has 0 aliphatic heterocycles. The Morgan fingerprint density at radius 2 is 1.70 bits per heavy atom. The smallest absolute Gasteiger partial charge is 0.0775 e. The van der Waals surface area contributed by atoms with Gasteiger partial charge in [0.2, 0.25) is 0 Å². The first kappa shape index (κ1) is 9.92. The zero-order valence-electron chi connectivity index (χ0n) is 7.64. The highest BCUT2D eigenvalue weighted by Gasteiger charge is 2.27. The van der Waals surface area contributed by atoms with Crippen molar-refractivity contribution >= 4 is 0 Å². The van der Waals surface area contributed by atoms with Gasteiger partial charge < -0.3 is 10.5 Å². The molecule has 2 N–H and O–H groups in total. The number of hydrogen-bond acceptors (Lipinski definition) is 2. The first-order valence-electron chi connectivity index (χ1n) is 3.72. The number of rotatable bonds is 3. The van der Waals surface area contributed by atoms with Gasteiger partial charge in [-0.1, -0.05) is 13.8 Å². The fraction of sp³-hybridized carbons (Fsp3) is 1.00. The summed E-state index contributed by atoms with van der Waals surface area (Å²) in [5, 5.41) is 0. The summed E-state index contributed by atoms with van der Waals surface area (Å²) in [5.74, 6) is 0.468. The molecule has 0 rings (SSSR count). The average Bonchev–Trinajstić information content (AvgIpc) is 1.86. The Kier molecular flexibility index (Phi) is 3.33. The van der Waals surface area contributed by atoms with E-state index in [2.05, 4.69) is 13.8 Å². The molecule has 0 aromatic heterocycles. The van der Waals surface area contributed by atoms with Crippen LogP contribution in [0.2, 0.25) is 0 Å². The third-order valence-electron chi connectivity index (χ3n) is 2.05. The Hall–Kier alpha value is -0.0800. The molecule has 0 bridgehead atoms. The maximum atomic E-state index is 5.88. The molecule has 0 aliphatic rings. The number of nitrogens with two attached hydrogens (primary N) is 1. The SMILES string of the molecule is COC(C)(C)[C@@H](N)C(C)C. The number of ether oxygens (including phenoxy) is 1. The molecule has 2 nitrogen and oxygen atoms in total. The fourth-order valence-electron chi connectivity index (χ4n) is 0.939.